The number of amides is 1. The Bertz CT molecular complexity index is 727. The topological polar surface area (TPSA) is 55.4 Å². The van der Waals surface area contributed by atoms with Crippen molar-refractivity contribution in [2.75, 3.05) is 7.11 Å². The number of esters is 1. The summed E-state index contributed by atoms with van der Waals surface area (Å²) in [4.78, 5) is 24.7. The number of nitrogens with one attached hydrogen (secondary N) is 1. The lowest BCUT2D eigenvalue weighted by atomic mass is 9.83. The molecule has 5 heteroatoms. The normalized spacial score (nSPS) is 19.8. The minimum atomic E-state index is -1.33. The van der Waals surface area contributed by atoms with Crippen LogP contribution in [0.15, 0.2) is 48.5 Å². The van der Waals surface area contributed by atoms with Crippen LogP contribution < -0.4 is 5.32 Å². The van der Waals surface area contributed by atoms with Crippen LogP contribution in [0.5, 0.6) is 0 Å². The molecule has 1 aliphatic heterocycles. The standard InChI is InChI=1S/C16H12ClNO3/c1-21-15(20)16(10-6-8-11(17)9-7-10)13-5-3-2-4-12(13)14(19)18-16/h2-9H,1H3,(H,18,19). The van der Waals surface area contributed by atoms with Crippen LogP contribution in [-0.4, -0.2) is 19.0 Å². The van der Waals surface area contributed by atoms with Gasteiger partial charge in [0.1, 0.15) is 0 Å². The van der Waals surface area contributed by atoms with Gasteiger partial charge in [0.05, 0.1) is 7.11 Å². The molecule has 4 nitrogen and oxygen atoms in total. The number of halogens is 1. The van der Waals surface area contributed by atoms with E-state index in [9.17, 15) is 9.59 Å². The molecular formula is C16H12ClNO3. The number of ether oxygens (including phenoxy) is 1. The predicted octanol–water partition coefficient (Wildman–Crippen LogP) is 2.50. The Kier molecular flexibility index (Phi) is 3.18. The van der Waals surface area contributed by atoms with E-state index in [1.165, 1.54) is 7.11 Å². The highest BCUT2D eigenvalue weighted by atomic mass is 35.5. The number of rotatable bonds is 2. The lowest BCUT2D eigenvalue weighted by molar-refractivity contribution is -0.146. The van der Waals surface area contributed by atoms with Crippen molar-refractivity contribution in [2.45, 2.75) is 5.54 Å². The van der Waals surface area contributed by atoms with Gasteiger partial charge < -0.3 is 10.1 Å². The van der Waals surface area contributed by atoms with Gasteiger partial charge in [-0.15, -0.1) is 0 Å². The third-order valence-corrected chi connectivity index (χ3v) is 3.90. The number of benzene rings is 2. The minimum Gasteiger partial charge on any atom is -0.467 e. The summed E-state index contributed by atoms with van der Waals surface area (Å²) >= 11 is 5.90. The molecule has 1 heterocycles. The predicted molar refractivity (Wildman–Crippen MR) is 78.2 cm³/mol. The molecule has 2 aromatic rings. The van der Waals surface area contributed by atoms with Crippen LogP contribution in [-0.2, 0) is 15.1 Å². The molecule has 0 saturated carbocycles. The molecule has 1 aliphatic rings. The lowest BCUT2D eigenvalue weighted by Gasteiger charge is -2.27. The molecule has 0 bridgehead atoms. The lowest BCUT2D eigenvalue weighted by Crippen LogP contribution is -2.48. The summed E-state index contributed by atoms with van der Waals surface area (Å²) in [6, 6.07) is 13.7. The first-order valence-electron chi connectivity index (χ1n) is 6.36. The number of carbonyl (C=O) groups excluding carboxylic acids is 2. The summed E-state index contributed by atoms with van der Waals surface area (Å²) in [7, 11) is 1.30. The van der Waals surface area contributed by atoms with E-state index >= 15 is 0 Å². The monoisotopic (exact) mass is 301 g/mol. The highest BCUT2D eigenvalue weighted by Gasteiger charge is 2.51. The average Bonchev–Trinajstić information content (AvgIpc) is 2.82. The summed E-state index contributed by atoms with van der Waals surface area (Å²) in [6.07, 6.45) is 0. The molecule has 106 valence electrons. The number of hydrogen-bond donors (Lipinski definition) is 1. The molecule has 0 fully saturated rings. The molecule has 0 aliphatic carbocycles. The highest BCUT2D eigenvalue weighted by Crippen LogP contribution is 2.38. The third-order valence-electron chi connectivity index (χ3n) is 3.65. The zero-order valence-corrected chi connectivity index (χ0v) is 12.0. The second kappa shape index (κ2) is 4.90. The molecule has 0 spiro atoms. The Labute approximate surface area is 126 Å². The van der Waals surface area contributed by atoms with Crippen LogP contribution in [0.2, 0.25) is 5.02 Å². The third kappa shape index (κ3) is 1.91. The van der Waals surface area contributed by atoms with Crippen molar-refractivity contribution in [2.24, 2.45) is 0 Å². The highest BCUT2D eigenvalue weighted by molar-refractivity contribution is 6.30. The number of fused-ring (bicyclic) bond motifs is 1. The maximum Gasteiger partial charge on any atom is 0.341 e. The van der Waals surface area contributed by atoms with Crippen molar-refractivity contribution >= 4 is 23.5 Å². The van der Waals surface area contributed by atoms with Gasteiger partial charge in [0.2, 0.25) is 0 Å². The van der Waals surface area contributed by atoms with E-state index < -0.39 is 11.5 Å². The van der Waals surface area contributed by atoms with Crippen molar-refractivity contribution < 1.29 is 14.3 Å². The molecule has 0 saturated heterocycles. The number of methoxy groups -OCH3 is 1. The number of carbonyl (C=O) groups is 2. The quantitative estimate of drug-likeness (QED) is 0.867. The summed E-state index contributed by atoms with van der Waals surface area (Å²) < 4.78 is 4.94. The van der Waals surface area contributed by atoms with E-state index in [0.29, 0.717) is 21.7 Å². The van der Waals surface area contributed by atoms with Gasteiger partial charge in [0, 0.05) is 16.1 Å². The minimum absolute atomic E-state index is 0.300. The molecule has 3 rings (SSSR count). The van der Waals surface area contributed by atoms with E-state index in [1.54, 1.807) is 48.5 Å². The van der Waals surface area contributed by atoms with Gasteiger partial charge in [-0.2, -0.15) is 0 Å². The van der Waals surface area contributed by atoms with E-state index in [0.717, 1.165) is 0 Å². The van der Waals surface area contributed by atoms with E-state index in [2.05, 4.69) is 5.32 Å². The van der Waals surface area contributed by atoms with Gasteiger partial charge >= 0.3 is 5.97 Å². The molecule has 1 atom stereocenters. The van der Waals surface area contributed by atoms with Gasteiger partial charge in [-0.1, -0.05) is 41.9 Å². The van der Waals surface area contributed by atoms with Gasteiger partial charge in [-0.25, -0.2) is 4.79 Å². The second-order valence-corrected chi connectivity index (χ2v) is 5.18. The van der Waals surface area contributed by atoms with Crippen LogP contribution in [0.3, 0.4) is 0 Å². The van der Waals surface area contributed by atoms with Gasteiger partial charge in [-0.05, 0) is 23.8 Å². The molecule has 0 radical (unpaired) electrons. The first kappa shape index (κ1) is 13.6. The summed E-state index contributed by atoms with van der Waals surface area (Å²) in [6.45, 7) is 0. The maximum absolute atomic E-state index is 12.5. The fraction of sp³-hybridized carbons (Fsp3) is 0.125. The fourth-order valence-corrected chi connectivity index (χ4v) is 2.80. The van der Waals surface area contributed by atoms with E-state index in [4.69, 9.17) is 16.3 Å². The molecule has 1 amide bonds. The van der Waals surface area contributed by atoms with Crippen molar-refractivity contribution in [3.63, 3.8) is 0 Å². The summed E-state index contributed by atoms with van der Waals surface area (Å²) in [5.74, 6) is -0.839. The largest absolute Gasteiger partial charge is 0.467 e. The number of hydrogen-bond acceptors (Lipinski definition) is 3. The molecule has 21 heavy (non-hydrogen) atoms. The van der Waals surface area contributed by atoms with Crippen molar-refractivity contribution in [1.29, 1.82) is 0 Å². The molecule has 0 aromatic heterocycles. The van der Waals surface area contributed by atoms with Gasteiger partial charge in [-0.3, -0.25) is 4.79 Å². The molecule has 2 aromatic carbocycles. The van der Waals surface area contributed by atoms with Crippen LogP contribution in [0.25, 0.3) is 0 Å². The Hall–Kier alpha value is -2.33. The van der Waals surface area contributed by atoms with Crippen LogP contribution in [0.4, 0.5) is 0 Å². The Morgan fingerprint density at radius 1 is 1.14 bits per heavy atom. The Balaban J connectivity index is 2.28. The molecular weight excluding hydrogens is 290 g/mol. The zero-order valence-electron chi connectivity index (χ0n) is 11.2. The van der Waals surface area contributed by atoms with Crippen molar-refractivity contribution in [3.05, 3.63) is 70.2 Å². The first-order valence-corrected chi connectivity index (χ1v) is 6.74. The summed E-state index contributed by atoms with van der Waals surface area (Å²) in [5, 5.41) is 3.31. The maximum atomic E-state index is 12.5. The summed E-state index contributed by atoms with van der Waals surface area (Å²) in [5.41, 5.74) is 0.339. The zero-order chi connectivity index (χ0) is 15.0. The Morgan fingerprint density at radius 3 is 2.48 bits per heavy atom. The van der Waals surface area contributed by atoms with Crippen LogP contribution in [0, 0.1) is 0 Å². The van der Waals surface area contributed by atoms with E-state index in [1.807, 2.05) is 0 Å². The Morgan fingerprint density at radius 2 is 1.81 bits per heavy atom. The fourth-order valence-electron chi connectivity index (χ4n) is 2.67. The van der Waals surface area contributed by atoms with Crippen molar-refractivity contribution in [3.8, 4) is 0 Å². The first-order chi connectivity index (χ1) is 10.1. The van der Waals surface area contributed by atoms with Gasteiger partial charge in [0.25, 0.3) is 5.91 Å². The van der Waals surface area contributed by atoms with Crippen molar-refractivity contribution in [1.82, 2.24) is 5.32 Å². The molecule has 1 N–H and O–H groups in total. The van der Waals surface area contributed by atoms with Gasteiger partial charge in [0.15, 0.2) is 5.54 Å². The van der Waals surface area contributed by atoms with Crippen LogP contribution in [0.1, 0.15) is 21.5 Å². The SMILES string of the molecule is COC(=O)C1(c2ccc(Cl)cc2)NC(=O)c2ccccc21. The van der Waals surface area contributed by atoms with Crippen LogP contribution >= 0.6 is 11.6 Å². The molecule has 1 unspecified atom stereocenters. The average molecular weight is 302 g/mol. The van der Waals surface area contributed by atoms with E-state index in [-0.39, 0.29) is 5.91 Å². The second-order valence-electron chi connectivity index (χ2n) is 4.75. The smallest absolute Gasteiger partial charge is 0.341 e.